The lowest BCUT2D eigenvalue weighted by atomic mass is 10.1. The van der Waals surface area contributed by atoms with Gasteiger partial charge in [0.05, 0.1) is 16.9 Å². The molecule has 2 aromatic heterocycles. The monoisotopic (exact) mass is 540 g/mol. The van der Waals surface area contributed by atoms with Crippen LogP contribution in [0.1, 0.15) is 17.5 Å². The van der Waals surface area contributed by atoms with Gasteiger partial charge in [-0.1, -0.05) is 63.6 Å². The molecule has 5 rings (SSSR count). The molecule has 3 heterocycles. The Morgan fingerprint density at radius 1 is 1.24 bits per heavy atom. The minimum absolute atomic E-state index is 0.369. The summed E-state index contributed by atoms with van der Waals surface area (Å²) in [5, 5.41) is 17.8. The van der Waals surface area contributed by atoms with Crippen molar-refractivity contribution in [3.05, 3.63) is 82.1 Å². The summed E-state index contributed by atoms with van der Waals surface area (Å²) in [5.74, 6) is 1.04. The van der Waals surface area contributed by atoms with E-state index in [1.807, 2.05) is 55.5 Å². The smallest absolute Gasteiger partial charge is 0.247 e. The van der Waals surface area contributed by atoms with Gasteiger partial charge in [-0.2, -0.15) is 10.1 Å². The van der Waals surface area contributed by atoms with Crippen LogP contribution in [-0.4, -0.2) is 30.7 Å². The molecule has 0 amide bonds. The third kappa shape index (κ3) is 4.23. The molecule has 7 nitrogen and oxygen atoms in total. The lowest BCUT2D eigenvalue weighted by Gasteiger charge is -2.19. The van der Waals surface area contributed by atoms with Crippen molar-refractivity contribution in [3.8, 4) is 22.8 Å². The number of nitrogens with zero attached hydrogens (tertiary/aromatic N) is 5. The molecule has 4 aromatic rings. The number of rotatable bonds is 5. The number of thioether (sulfide) groups is 1. The predicted octanol–water partition coefficient (Wildman–Crippen LogP) is 6.23. The van der Waals surface area contributed by atoms with Crippen LogP contribution >= 0.6 is 39.3 Å². The maximum atomic E-state index is 6.84. The molecular formula is C23H18BrClN6OS. The lowest BCUT2D eigenvalue weighted by molar-refractivity contribution is 0.224. The number of hydrogen-bond donors (Lipinski definition) is 1. The van der Waals surface area contributed by atoms with Gasteiger partial charge < -0.3 is 10.1 Å². The molecule has 0 fully saturated rings. The predicted molar refractivity (Wildman–Crippen MR) is 134 cm³/mol. The van der Waals surface area contributed by atoms with E-state index in [0.717, 1.165) is 32.7 Å². The maximum Gasteiger partial charge on any atom is 0.247 e. The summed E-state index contributed by atoms with van der Waals surface area (Å²) < 4.78 is 8.99. The summed E-state index contributed by atoms with van der Waals surface area (Å²) in [5.41, 5.74) is 4.53. The molecule has 0 bridgehead atoms. The summed E-state index contributed by atoms with van der Waals surface area (Å²) in [7, 11) is 0. The Labute approximate surface area is 208 Å². The van der Waals surface area contributed by atoms with Crippen LogP contribution < -0.4 is 10.1 Å². The zero-order valence-corrected chi connectivity index (χ0v) is 20.7. The van der Waals surface area contributed by atoms with E-state index in [0.29, 0.717) is 27.6 Å². The summed E-state index contributed by atoms with van der Waals surface area (Å²) in [6.45, 7) is 5.66. The highest BCUT2D eigenvalue weighted by molar-refractivity contribution is 9.10. The largest absolute Gasteiger partial charge is 0.447 e. The summed E-state index contributed by atoms with van der Waals surface area (Å²) in [6, 6.07) is 15.6. The van der Waals surface area contributed by atoms with Gasteiger partial charge in [0.2, 0.25) is 17.3 Å². The number of fused-ring (bicyclic) bond motifs is 3. The second-order valence-corrected chi connectivity index (χ2v) is 9.48. The van der Waals surface area contributed by atoms with E-state index in [4.69, 9.17) is 16.3 Å². The average Bonchev–Trinajstić information content (AvgIpc) is 3.03. The van der Waals surface area contributed by atoms with Crippen LogP contribution in [0.25, 0.3) is 16.9 Å². The van der Waals surface area contributed by atoms with Crippen LogP contribution in [0.2, 0.25) is 5.15 Å². The Hall–Kier alpha value is -2.88. The van der Waals surface area contributed by atoms with Crippen LogP contribution in [-0.2, 0) is 0 Å². The molecule has 33 heavy (non-hydrogen) atoms. The van der Waals surface area contributed by atoms with E-state index in [1.54, 1.807) is 10.8 Å². The standard InChI is InChI=1S/C23H18BrClN6OS/c1-3-11-33-23-27-22-19(28-29-23)16-12-14(24)9-10-17(16)26-21(32-22)18-13(2)30-31(20(18)25)15-7-5-4-6-8-15/h3-10,12,21,26H,1,11H2,2H3/t21-/m0/s1. The third-order valence-corrected chi connectivity index (χ3v) is 6.72. The fraction of sp³-hybridized carbons (Fsp3) is 0.130. The number of anilines is 1. The first-order chi connectivity index (χ1) is 16.0. The van der Waals surface area contributed by atoms with Crippen molar-refractivity contribution in [2.45, 2.75) is 18.3 Å². The third-order valence-electron chi connectivity index (χ3n) is 5.03. The Morgan fingerprint density at radius 2 is 2.06 bits per heavy atom. The molecular weight excluding hydrogens is 524 g/mol. The van der Waals surface area contributed by atoms with Crippen molar-refractivity contribution < 1.29 is 4.74 Å². The number of nitrogens with one attached hydrogen (secondary N) is 1. The number of ether oxygens (including phenoxy) is 1. The molecule has 0 saturated heterocycles. The molecule has 0 saturated carbocycles. The van der Waals surface area contributed by atoms with E-state index in [1.165, 1.54) is 11.8 Å². The average molecular weight is 542 g/mol. The molecule has 1 atom stereocenters. The molecule has 1 aliphatic heterocycles. The first kappa shape index (κ1) is 21.9. The number of aryl methyl sites for hydroxylation is 1. The molecule has 1 N–H and O–H groups in total. The Bertz CT molecular complexity index is 1350. The van der Waals surface area contributed by atoms with E-state index in [9.17, 15) is 0 Å². The normalized spacial score (nSPS) is 14.5. The second-order valence-electron chi connectivity index (χ2n) is 7.22. The van der Waals surface area contributed by atoms with Gasteiger partial charge in [0.1, 0.15) is 5.15 Å². The van der Waals surface area contributed by atoms with Gasteiger partial charge in [-0.05, 0) is 37.3 Å². The van der Waals surface area contributed by atoms with Crippen molar-refractivity contribution >= 4 is 45.0 Å². The fourth-order valence-electron chi connectivity index (χ4n) is 3.54. The summed E-state index contributed by atoms with van der Waals surface area (Å²) in [6.07, 6.45) is 1.16. The highest BCUT2D eigenvalue weighted by Gasteiger charge is 2.31. The molecule has 0 radical (unpaired) electrons. The van der Waals surface area contributed by atoms with Gasteiger partial charge in [-0.15, -0.1) is 16.8 Å². The molecule has 10 heteroatoms. The maximum absolute atomic E-state index is 6.84. The molecule has 0 unspecified atom stereocenters. The van der Waals surface area contributed by atoms with E-state index in [-0.39, 0.29) is 0 Å². The number of halogens is 2. The highest BCUT2D eigenvalue weighted by atomic mass is 79.9. The molecule has 2 aromatic carbocycles. The van der Waals surface area contributed by atoms with Crippen molar-refractivity contribution in [3.63, 3.8) is 0 Å². The topological polar surface area (TPSA) is 77.8 Å². The van der Waals surface area contributed by atoms with E-state index < -0.39 is 6.23 Å². The van der Waals surface area contributed by atoms with Crippen molar-refractivity contribution in [1.29, 1.82) is 0 Å². The molecule has 166 valence electrons. The number of benzene rings is 2. The number of aromatic nitrogens is 5. The van der Waals surface area contributed by atoms with Crippen LogP contribution in [0.4, 0.5) is 5.69 Å². The van der Waals surface area contributed by atoms with Gasteiger partial charge in [-0.3, -0.25) is 0 Å². The van der Waals surface area contributed by atoms with E-state index in [2.05, 4.69) is 48.1 Å². The van der Waals surface area contributed by atoms with Gasteiger partial charge in [0, 0.05) is 21.5 Å². The zero-order chi connectivity index (χ0) is 22.9. The summed E-state index contributed by atoms with van der Waals surface area (Å²) >= 11 is 11.8. The Balaban J connectivity index is 1.63. The SMILES string of the molecule is C=CCSc1nnc2c(n1)O[C@@H](c1c(C)nn(-c3ccccc3)c1Cl)Nc1ccc(Br)cc1-2. The second kappa shape index (κ2) is 9.17. The van der Waals surface area contributed by atoms with Crippen LogP contribution in [0.3, 0.4) is 0 Å². The van der Waals surface area contributed by atoms with Crippen molar-refractivity contribution in [2.75, 3.05) is 11.1 Å². The number of para-hydroxylation sites is 1. The lowest BCUT2D eigenvalue weighted by Crippen LogP contribution is -2.18. The van der Waals surface area contributed by atoms with Crippen molar-refractivity contribution in [2.24, 2.45) is 0 Å². The first-order valence-corrected chi connectivity index (χ1v) is 12.2. The fourth-order valence-corrected chi connectivity index (χ4v) is 4.79. The van der Waals surface area contributed by atoms with Crippen molar-refractivity contribution in [1.82, 2.24) is 25.0 Å². The Kier molecular flexibility index (Phi) is 6.09. The minimum atomic E-state index is -0.634. The molecule has 0 aliphatic carbocycles. The Morgan fingerprint density at radius 3 is 2.85 bits per heavy atom. The number of hydrogen-bond acceptors (Lipinski definition) is 7. The first-order valence-electron chi connectivity index (χ1n) is 10.1. The molecule has 1 aliphatic rings. The molecule has 0 spiro atoms. The minimum Gasteiger partial charge on any atom is -0.447 e. The van der Waals surface area contributed by atoms with Gasteiger partial charge in [0.15, 0.2) is 5.69 Å². The highest BCUT2D eigenvalue weighted by Crippen LogP contribution is 2.42. The van der Waals surface area contributed by atoms with Gasteiger partial charge >= 0.3 is 0 Å². The van der Waals surface area contributed by atoms with Gasteiger partial charge in [-0.25, -0.2) is 4.68 Å². The zero-order valence-electron chi connectivity index (χ0n) is 17.5. The van der Waals surface area contributed by atoms with Crippen LogP contribution in [0, 0.1) is 6.92 Å². The van der Waals surface area contributed by atoms with Gasteiger partial charge in [0.25, 0.3) is 0 Å². The van der Waals surface area contributed by atoms with E-state index >= 15 is 0 Å². The van der Waals surface area contributed by atoms with Crippen LogP contribution in [0.5, 0.6) is 5.88 Å². The quantitative estimate of drug-likeness (QED) is 0.237. The summed E-state index contributed by atoms with van der Waals surface area (Å²) in [4.78, 5) is 4.63. The van der Waals surface area contributed by atoms with Crippen LogP contribution in [0.15, 0.2) is 70.8 Å².